The Labute approximate surface area is 92.7 Å². The van der Waals surface area contributed by atoms with Crippen LogP contribution >= 0.6 is 0 Å². The summed E-state index contributed by atoms with van der Waals surface area (Å²) in [6, 6.07) is 11.0. The maximum absolute atomic E-state index is 8.64. The van der Waals surface area contributed by atoms with Gasteiger partial charge in [-0.1, -0.05) is 43.7 Å². The summed E-state index contributed by atoms with van der Waals surface area (Å²) in [7, 11) is 0. The Hall–Kier alpha value is -1.29. The molecule has 0 aliphatic heterocycles. The van der Waals surface area contributed by atoms with E-state index in [-0.39, 0.29) is 0 Å². The maximum Gasteiger partial charge on any atom is 0.0656 e. The lowest BCUT2D eigenvalue weighted by atomic mass is 9.72. The Balaban J connectivity index is 0.000000531. The van der Waals surface area contributed by atoms with Crippen molar-refractivity contribution < 1.29 is 0 Å². The normalized spacial score (nSPS) is 23.1. The molecule has 1 heteroatoms. The van der Waals surface area contributed by atoms with Crippen LogP contribution < -0.4 is 0 Å². The monoisotopic (exact) mass is 201 g/mol. The molecule has 1 aromatic carbocycles. The van der Waals surface area contributed by atoms with Crippen LogP contribution in [0, 0.1) is 24.2 Å². The highest BCUT2D eigenvalue weighted by molar-refractivity contribution is 5.27. The quantitative estimate of drug-likeness (QED) is 0.672. The number of rotatable bonds is 1. The van der Waals surface area contributed by atoms with Crippen LogP contribution in [-0.4, -0.2) is 0 Å². The molecule has 0 radical (unpaired) electrons. The molecule has 0 heterocycles. The molecular weight excluding hydrogens is 182 g/mol. The average Bonchev–Trinajstić information content (AvgIpc) is 2.22. The minimum Gasteiger partial charge on any atom is -0.198 e. The third kappa shape index (κ3) is 2.83. The van der Waals surface area contributed by atoms with Crippen molar-refractivity contribution in [3.8, 4) is 6.07 Å². The summed E-state index contributed by atoms with van der Waals surface area (Å²) in [5.41, 5.74) is 2.71. The van der Waals surface area contributed by atoms with Crippen molar-refractivity contribution in [3.05, 3.63) is 35.4 Å². The van der Waals surface area contributed by atoms with Gasteiger partial charge < -0.3 is 0 Å². The van der Waals surface area contributed by atoms with E-state index in [1.807, 2.05) is 13.8 Å². The largest absolute Gasteiger partial charge is 0.198 e. The van der Waals surface area contributed by atoms with Crippen LogP contribution in [0.25, 0.3) is 0 Å². The van der Waals surface area contributed by atoms with Crippen molar-refractivity contribution in [2.75, 3.05) is 0 Å². The van der Waals surface area contributed by atoms with Crippen molar-refractivity contribution in [1.29, 1.82) is 5.26 Å². The molecule has 1 fully saturated rings. The fourth-order valence-corrected chi connectivity index (χ4v) is 1.83. The second kappa shape index (κ2) is 5.56. The molecule has 0 aromatic heterocycles. The van der Waals surface area contributed by atoms with Crippen molar-refractivity contribution in [2.24, 2.45) is 5.92 Å². The summed E-state index contributed by atoms with van der Waals surface area (Å²) >= 11 is 0. The number of benzene rings is 1. The Kier molecular flexibility index (Phi) is 4.37. The van der Waals surface area contributed by atoms with Gasteiger partial charge in [-0.15, -0.1) is 0 Å². The maximum atomic E-state index is 8.64. The Morgan fingerprint density at radius 3 is 2.13 bits per heavy atom. The lowest BCUT2D eigenvalue weighted by molar-refractivity contribution is 0.331. The molecule has 0 bridgehead atoms. The van der Waals surface area contributed by atoms with E-state index in [9.17, 15) is 0 Å². The molecule has 0 N–H and O–H groups in total. The summed E-state index contributed by atoms with van der Waals surface area (Å²) in [4.78, 5) is 0. The van der Waals surface area contributed by atoms with Crippen LogP contribution in [-0.2, 0) is 0 Å². The molecule has 1 aliphatic rings. The van der Waals surface area contributed by atoms with E-state index in [1.165, 1.54) is 11.1 Å². The van der Waals surface area contributed by atoms with Gasteiger partial charge in [-0.05, 0) is 31.2 Å². The fourth-order valence-electron chi connectivity index (χ4n) is 1.83. The molecule has 0 saturated heterocycles. The van der Waals surface area contributed by atoms with Gasteiger partial charge in [-0.25, -0.2) is 0 Å². The van der Waals surface area contributed by atoms with Crippen molar-refractivity contribution in [1.82, 2.24) is 0 Å². The van der Waals surface area contributed by atoms with Crippen LogP contribution in [0.4, 0.5) is 0 Å². The predicted molar refractivity (Wildman–Crippen MR) is 63.6 cm³/mol. The van der Waals surface area contributed by atoms with Crippen LogP contribution in [0.5, 0.6) is 0 Å². The fraction of sp³-hybridized carbons (Fsp3) is 0.500. The van der Waals surface area contributed by atoms with Gasteiger partial charge in [-0.2, -0.15) is 5.26 Å². The zero-order chi connectivity index (χ0) is 11.3. The van der Waals surface area contributed by atoms with Gasteiger partial charge in [-0.3, -0.25) is 0 Å². The first-order chi connectivity index (χ1) is 7.29. The molecule has 0 amide bonds. The lowest BCUT2D eigenvalue weighted by Crippen LogP contribution is -2.20. The standard InChI is InChI=1S/C12H13N.C2H6/c1-9-2-4-11(5-3-9)12-6-10(7-12)8-13;1-2/h2-5,10,12H,6-7H2,1H3;1-2H3. The summed E-state index contributed by atoms with van der Waals surface area (Å²) in [6.45, 7) is 6.10. The molecule has 0 unspecified atom stereocenters. The van der Waals surface area contributed by atoms with Gasteiger partial charge >= 0.3 is 0 Å². The van der Waals surface area contributed by atoms with E-state index in [0.717, 1.165) is 12.8 Å². The van der Waals surface area contributed by atoms with Gasteiger partial charge in [0.15, 0.2) is 0 Å². The van der Waals surface area contributed by atoms with Crippen LogP contribution in [0.2, 0.25) is 0 Å². The molecule has 0 spiro atoms. The summed E-state index contributed by atoms with van der Waals surface area (Å²) < 4.78 is 0. The highest BCUT2D eigenvalue weighted by Gasteiger charge is 2.29. The first kappa shape index (κ1) is 11.8. The second-order valence-electron chi connectivity index (χ2n) is 3.91. The number of aryl methyl sites for hydroxylation is 1. The summed E-state index contributed by atoms with van der Waals surface area (Å²) in [5, 5.41) is 8.64. The Morgan fingerprint density at radius 1 is 1.13 bits per heavy atom. The zero-order valence-electron chi connectivity index (χ0n) is 9.83. The van der Waals surface area contributed by atoms with E-state index in [1.54, 1.807) is 0 Å². The van der Waals surface area contributed by atoms with Crippen LogP contribution in [0.15, 0.2) is 24.3 Å². The van der Waals surface area contributed by atoms with E-state index in [2.05, 4.69) is 37.3 Å². The van der Waals surface area contributed by atoms with Crippen molar-refractivity contribution in [2.45, 2.75) is 39.5 Å². The van der Waals surface area contributed by atoms with Gasteiger partial charge in [0.2, 0.25) is 0 Å². The Bertz CT molecular complexity index is 325. The van der Waals surface area contributed by atoms with Gasteiger partial charge in [0.25, 0.3) is 0 Å². The smallest absolute Gasteiger partial charge is 0.0656 e. The third-order valence-electron chi connectivity index (χ3n) is 2.87. The SMILES string of the molecule is CC.Cc1ccc(C2CC(C#N)C2)cc1. The van der Waals surface area contributed by atoms with Crippen molar-refractivity contribution >= 4 is 0 Å². The first-order valence-corrected chi connectivity index (χ1v) is 5.76. The van der Waals surface area contributed by atoms with E-state index >= 15 is 0 Å². The number of nitriles is 1. The van der Waals surface area contributed by atoms with Gasteiger partial charge in [0, 0.05) is 5.92 Å². The van der Waals surface area contributed by atoms with E-state index in [0.29, 0.717) is 11.8 Å². The van der Waals surface area contributed by atoms with Crippen LogP contribution in [0.3, 0.4) is 0 Å². The molecule has 1 aromatic rings. The highest BCUT2D eigenvalue weighted by Crippen LogP contribution is 2.40. The minimum absolute atomic E-state index is 0.311. The topological polar surface area (TPSA) is 23.8 Å². The number of nitrogens with zero attached hydrogens (tertiary/aromatic N) is 1. The number of hydrogen-bond acceptors (Lipinski definition) is 1. The molecule has 2 rings (SSSR count). The zero-order valence-corrected chi connectivity index (χ0v) is 9.83. The molecule has 0 atom stereocenters. The molecule has 1 nitrogen and oxygen atoms in total. The first-order valence-electron chi connectivity index (χ1n) is 5.76. The highest BCUT2D eigenvalue weighted by atomic mass is 14.4. The lowest BCUT2D eigenvalue weighted by Gasteiger charge is -2.30. The Morgan fingerprint density at radius 2 is 1.67 bits per heavy atom. The van der Waals surface area contributed by atoms with E-state index in [4.69, 9.17) is 5.26 Å². The molecule has 80 valence electrons. The van der Waals surface area contributed by atoms with Crippen molar-refractivity contribution in [3.63, 3.8) is 0 Å². The second-order valence-corrected chi connectivity index (χ2v) is 3.91. The minimum atomic E-state index is 0.311. The van der Waals surface area contributed by atoms with Gasteiger partial charge in [0.1, 0.15) is 0 Å². The molecule has 15 heavy (non-hydrogen) atoms. The average molecular weight is 201 g/mol. The van der Waals surface area contributed by atoms with E-state index < -0.39 is 0 Å². The molecule has 1 aliphatic carbocycles. The summed E-state index contributed by atoms with van der Waals surface area (Å²) in [5.74, 6) is 0.955. The number of hydrogen-bond donors (Lipinski definition) is 0. The molecular formula is C14H19N. The third-order valence-corrected chi connectivity index (χ3v) is 2.87. The predicted octanol–water partition coefficient (Wildman–Crippen LogP) is 4.04. The molecule has 1 saturated carbocycles. The summed E-state index contributed by atoms with van der Waals surface area (Å²) in [6.07, 6.45) is 2.11. The van der Waals surface area contributed by atoms with Gasteiger partial charge in [0.05, 0.1) is 6.07 Å². The van der Waals surface area contributed by atoms with Crippen LogP contribution in [0.1, 0.15) is 43.7 Å².